The first-order valence-corrected chi connectivity index (χ1v) is 9.38. The SMILES string of the molecule is CC(=O)NCc1ccc(C(=O)N2CCOC(C3CCCCC3)C2)cc1. The molecule has 0 spiro atoms. The number of hydrogen-bond donors (Lipinski definition) is 1. The van der Waals surface area contributed by atoms with E-state index in [-0.39, 0.29) is 17.9 Å². The van der Waals surface area contributed by atoms with Gasteiger partial charge in [0.15, 0.2) is 0 Å². The quantitative estimate of drug-likeness (QED) is 0.914. The van der Waals surface area contributed by atoms with E-state index in [4.69, 9.17) is 4.74 Å². The third-order valence-electron chi connectivity index (χ3n) is 5.30. The van der Waals surface area contributed by atoms with Crippen molar-refractivity contribution in [3.63, 3.8) is 0 Å². The molecule has 1 aliphatic carbocycles. The van der Waals surface area contributed by atoms with Gasteiger partial charge in [0.2, 0.25) is 5.91 Å². The van der Waals surface area contributed by atoms with E-state index >= 15 is 0 Å². The lowest BCUT2D eigenvalue weighted by Crippen LogP contribution is -2.48. The van der Waals surface area contributed by atoms with E-state index in [1.165, 1.54) is 39.0 Å². The fraction of sp³-hybridized carbons (Fsp3) is 0.600. The summed E-state index contributed by atoms with van der Waals surface area (Å²) >= 11 is 0. The summed E-state index contributed by atoms with van der Waals surface area (Å²) in [4.78, 5) is 25.7. The highest BCUT2D eigenvalue weighted by atomic mass is 16.5. The lowest BCUT2D eigenvalue weighted by atomic mass is 9.84. The number of nitrogens with zero attached hydrogens (tertiary/aromatic N) is 1. The number of ether oxygens (including phenoxy) is 1. The summed E-state index contributed by atoms with van der Waals surface area (Å²) in [5.41, 5.74) is 1.70. The molecule has 1 atom stereocenters. The Morgan fingerprint density at radius 3 is 2.56 bits per heavy atom. The molecule has 1 heterocycles. The van der Waals surface area contributed by atoms with E-state index in [0.717, 1.165) is 5.56 Å². The van der Waals surface area contributed by atoms with Crippen molar-refractivity contribution in [2.24, 2.45) is 5.92 Å². The van der Waals surface area contributed by atoms with Crippen LogP contribution < -0.4 is 5.32 Å². The fourth-order valence-corrected chi connectivity index (χ4v) is 3.83. The first-order valence-electron chi connectivity index (χ1n) is 9.38. The smallest absolute Gasteiger partial charge is 0.254 e. The molecule has 1 saturated heterocycles. The van der Waals surface area contributed by atoms with Gasteiger partial charge in [-0.3, -0.25) is 9.59 Å². The molecule has 0 bridgehead atoms. The molecule has 2 aliphatic rings. The summed E-state index contributed by atoms with van der Waals surface area (Å²) in [6.45, 7) is 3.99. The standard InChI is InChI=1S/C20H28N2O3/c1-15(23)21-13-16-7-9-18(10-8-16)20(24)22-11-12-25-19(14-22)17-5-3-2-4-6-17/h7-10,17,19H,2-6,11-14H2,1H3,(H,21,23). The summed E-state index contributed by atoms with van der Waals surface area (Å²) in [6, 6.07) is 7.51. The highest BCUT2D eigenvalue weighted by Crippen LogP contribution is 2.29. The minimum atomic E-state index is -0.0535. The third kappa shape index (κ3) is 4.82. The summed E-state index contributed by atoms with van der Waals surface area (Å²) in [5, 5.41) is 2.77. The number of amides is 2. The van der Waals surface area contributed by atoms with Crippen LogP contribution in [0.3, 0.4) is 0 Å². The predicted molar refractivity (Wildman–Crippen MR) is 96.2 cm³/mol. The summed E-state index contributed by atoms with van der Waals surface area (Å²) in [6.07, 6.45) is 6.55. The zero-order valence-corrected chi connectivity index (χ0v) is 15.0. The molecule has 1 aromatic carbocycles. The number of benzene rings is 1. The van der Waals surface area contributed by atoms with Crippen LogP contribution in [-0.4, -0.2) is 42.5 Å². The monoisotopic (exact) mass is 344 g/mol. The second-order valence-corrected chi connectivity index (χ2v) is 7.17. The van der Waals surface area contributed by atoms with Gasteiger partial charge in [-0.25, -0.2) is 0 Å². The molecule has 1 saturated carbocycles. The molecular weight excluding hydrogens is 316 g/mol. The van der Waals surface area contributed by atoms with E-state index in [1.54, 1.807) is 0 Å². The Morgan fingerprint density at radius 2 is 1.88 bits per heavy atom. The van der Waals surface area contributed by atoms with Crippen molar-refractivity contribution in [2.75, 3.05) is 19.7 Å². The van der Waals surface area contributed by atoms with Gasteiger partial charge in [0.05, 0.1) is 12.7 Å². The molecule has 1 N–H and O–H groups in total. The molecule has 25 heavy (non-hydrogen) atoms. The number of morpholine rings is 1. The van der Waals surface area contributed by atoms with Crippen molar-refractivity contribution in [3.05, 3.63) is 35.4 Å². The van der Waals surface area contributed by atoms with Gasteiger partial charge < -0.3 is 15.0 Å². The van der Waals surface area contributed by atoms with Gasteiger partial charge in [-0.2, -0.15) is 0 Å². The Balaban J connectivity index is 1.58. The molecule has 1 aliphatic heterocycles. The predicted octanol–water partition coefficient (Wildman–Crippen LogP) is 2.74. The Morgan fingerprint density at radius 1 is 1.16 bits per heavy atom. The van der Waals surface area contributed by atoms with Gasteiger partial charge in [0.25, 0.3) is 5.91 Å². The normalized spacial score (nSPS) is 21.8. The third-order valence-corrected chi connectivity index (χ3v) is 5.30. The molecule has 2 amide bonds. The van der Waals surface area contributed by atoms with Crippen LogP contribution in [0.25, 0.3) is 0 Å². The Labute approximate surface area is 149 Å². The van der Waals surface area contributed by atoms with Crippen molar-refractivity contribution in [3.8, 4) is 0 Å². The molecular formula is C20H28N2O3. The average Bonchev–Trinajstić information content (AvgIpc) is 2.67. The molecule has 5 heteroatoms. The van der Waals surface area contributed by atoms with Crippen LogP contribution in [0.2, 0.25) is 0 Å². The minimum absolute atomic E-state index is 0.0535. The number of carbonyl (C=O) groups is 2. The molecule has 2 fully saturated rings. The van der Waals surface area contributed by atoms with Crippen molar-refractivity contribution in [2.45, 2.75) is 51.7 Å². The number of rotatable bonds is 4. The van der Waals surface area contributed by atoms with Crippen LogP contribution in [0.15, 0.2) is 24.3 Å². The maximum Gasteiger partial charge on any atom is 0.254 e. The molecule has 1 unspecified atom stereocenters. The second kappa shape index (κ2) is 8.48. The molecule has 5 nitrogen and oxygen atoms in total. The van der Waals surface area contributed by atoms with E-state index in [0.29, 0.717) is 37.7 Å². The molecule has 136 valence electrons. The maximum atomic E-state index is 12.8. The van der Waals surface area contributed by atoms with Crippen LogP contribution in [0.5, 0.6) is 0 Å². The Hall–Kier alpha value is -1.88. The molecule has 0 aromatic heterocycles. The summed E-state index contributed by atoms with van der Waals surface area (Å²) < 4.78 is 5.97. The lowest BCUT2D eigenvalue weighted by molar-refractivity contribution is -0.119. The first-order chi connectivity index (χ1) is 12.1. The Kier molecular flexibility index (Phi) is 6.08. The zero-order chi connectivity index (χ0) is 17.6. The van der Waals surface area contributed by atoms with E-state index < -0.39 is 0 Å². The fourth-order valence-electron chi connectivity index (χ4n) is 3.83. The summed E-state index contributed by atoms with van der Waals surface area (Å²) in [7, 11) is 0. The van der Waals surface area contributed by atoms with Crippen molar-refractivity contribution in [1.29, 1.82) is 0 Å². The van der Waals surface area contributed by atoms with E-state index in [2.05, 4.69) is 5.32 Å². The van der Waals surface area contributed by atoms with E-state index in [1.807, 2.05) is 29.2 Å². The van der Waals surface area contributed by atoms with Crippen molar-refractivity contribution in [1.82, 2.24) is 10.2 Å². The van der Waals surface area contributed by atoms with Gasteiger partial charge in [-0.1, -0.05) is 31.4 Å². The number of nitrogens with one attached hydrogen (secondary N) is 1. The molecule has 3 rings (SSSR count). The van der Waals surface area contributed by atoms with Crippen LogP contribution in [-0.2, 0) is 16.1 Å². The number of carbonyl (C=O) groups excluding carboxylic acids is 2. The van der Waals surface area contributed by atoms with Crippen molar-refractivity contribution < 1.29 is 14.3 Å². The minimum Gasteiger partial charge on any atom is -0.374 e. The zero-order valence-electron chi connectivity index (χ0n) is 15.0. The topological polar surface area (TPSA) is 58.6 Å². The largest absolute Gasteiger partial charge is 0.374 e. The van der Waals surface area contributed by atoms with Crippen LogP contribution >= 0.6 is 0 Å². The average molecular weight is 344 g/mol. The van der Waals surface area contributed by atoms with Crippen LogP contribution in [0.1, 0.15) is 54.9 Å². The molecule has 0 radical (unpaired) electrons. The number of hydrogen-bond acceptors (Lipinski definition) is 3. The second-order valence-electron chi connectivity index (χ2n) is 7.17. The van der Waals surface area contributed by atoms with Gasteiger partial charge in [0.1, 0.15) is 0 Å². The van der Waals surface area contributed by atoms with E-state index in [9.17, 15) is 9.59 Å². The van der Waals surface area contributed by atoms with Crippen LogP contribution in [0, 0.1) is 5.92 Å². The highest BCUT2D eigenvalue weighted by molar-refractivity contribution is 5.94. The maximum absolute atomic E-state index is 12.8. The molecule has 1 aromatic rings. The lowest BCUT2D eigenvalue weighted by Gasteiger charge is -2.38. The van der Waals surface area contributed by atoms with Gasteiger partial charge >= 0.3 is 0 Å². The highest BCUT2D eigenvalue weighted by Gasteiger charge is 2.31. The van der Waals surface area contributed by atoms with Crippen molar-refractivity contribution >= 4 is 11.8 Å². The van der Waals surface area contributed by atoms with Crippen LogP contribution in [0.4, 0.5) is 0 Å². The van der Waals surface area contributed by atoms with Gasteiger partial charge in [-0.05, 0) is 36.5 Å². The first kappa shape index (κ1) is 17.9. The van der Waals surface area contributed by atoms with Gasteiger partial charge in [-0.15, -0.1) is 0 Å². The Bertz CT molecular complexity index is 593. The summed E-state index contributed by atoms with van der Waals surface area (Å²) in [5.74, 6) is 0.627. The van der Waals surface area contributed by atoms with Gasteiger partial charge in [0, 0.05) is 32.1 Å².